The zero-order valence-corrected chi connectivity index (χ0v) is 14.1. The number of hydrogen-bond acceptors (Lipinski definition) is 4. The van der Waals surface area contributed by atoms with E-state index in [-0.39, 0.29) is 18.4 Å². The number of rotatable bonds is 11. The highest BCUT2D eigenvalue weighted by atomic mass is 16.5. The van der Waals surface area contributed by atoms with Gasteiger partial charge in [0.05, 0.1) is 13.2 Å². The minimum Gasteiger partial charge on any atom is -0.383 e. The highest BCUT2D eigenvalue weighted by Crippen LogP contribution is 2.10. The van der Waals surface area contributed by atoms with Crippen molar-refractivity contribution in [3.05, 3.63) is 55.1 Å². The number of carbonyl (C=O) groups is 2. The van der Waals surface area contributed by atoms with E-state index in [0.717, 1.165) is 0 Å². The lowest BCUT2D eigenvalue weighted by Crippen LogP contribution is -2.33. The number of carbonyl (C=O) groups excluding carboxylic acids is 2. The molecule has 0 saturated carbocycles. The SMILES string of the molecule is C=CCN(CC=C)CC(=O)Nc1cccc(C(=O)NCCOC)c1. The Morgan fingerprint density at radius 2 is 1.96 bits per heavy atom. The summed E-state index contributed by atoms with van der Waals surface area (Å²) in [5.41, 5.74) is 1.06. The highest BCUT2D eigenvalue weighted by molar-refractivity contribution is 5.97. The molecule has 6 heteroatoms. The van der Waals surface area contributed by atoms with Crippen LogP contribution in [0, 0.1) is 0 Å². The second-order valence-electron chi connectivity index (χ2n) is 5.15. The fraction of sp³-hybridized carbons (Fsp3) is 0.333. The van der Waals surface area contributed by atoms with Gasteiger partial charge in [0.25, 0.3) is 5.91 Å². The van der Waals surface area contributed by atoms with Crippen LogP contribution in [0.15, 0.2) is 49.6 Å². The van der Waals surface area contributed by atoms with Gasteiger partial charge in [-0.25, -0.2) is 0 Å². The third-order valence-corrected chi connectivity index (χ3v) is 3.14. The Bertz CT molecular complexity index is 562. The summed E-state index contributed by atoms with van der Waals surface area (Å²) >= 11 is 0. The van der Waals surface area contributed by atoms with E-state index in [2.05, 4.69) is 23.8 Å². The Morgan fingerprint density at radius 1 is 1.25 bits per heavy atom. The van der Waals surface area contributed by atoms with Crippen molar-refractivity contribution in [1.29, 1.82) is 0 Å². The molecule has 0 radical (unpaired) electrons. The highest BCUT2D eigenvalue weighted by Gasteiger charge is 2.10. The third-order valence-electron chi connectivity index (χ3n) is 3.14. The summed E-state index contributed by atoms with van der Waals surface area (Å²) in [5, 5.41) is 5.54. The summed E-state index contributed by atoms with van der Waals surface area (Å²) in [6.45, 7) is 9.65. The number of methoxy groups -OCH3 is 1. The molecule has 0 aliphatic carbocycles. The maximum absolute atomic E-state index is 12.1. The van der Waals surface area contributed by atoms with E-state index in [9.17, 15) is 9.59 Å². The van der Waals surface area contributed by atoms with Gasteiger partial charge in [0.1, 0.15) is 0 Å². The van der Waals surface area contributed by atoms with Gasteiger partial charge in [0, 0.05) is 38.0 Å². The van der Waals surface area contributed by atoms with Crippen molar-refractivity contribution >= 4 is 17.5 Å². The average Bonchev–Trinajstić information content (AvgIpc) is 2.55. The van der Waals surface area contributed by atoms with Gasteiger partial charge in [-0.05, 0) is 18.2 Å². The Balaban J connectivity index is 2.62. The number of hydrogen-bond donors (Lipinski definition) is 2. The molecule has 0 fully saturated rings. The number of anilines is 1. The second-order valence-corrected chi connectivity index (χ2v) is 5.15. The maximum Gasteiger partial charge on any atom is 0.251 e. The van der Waals surface area contributed by atoms with Crippen molar-refractivity contribution < 1.29 is 14.3 Å². The fourth-order valence-corrected chi connectivity index (χ4v) is 2.08. The summed E-state index contributed by atoms with van der Waals surface area (Å²) in [4.78, 5) is 26.0. The molecule has 0 unspecified atom stereocenters. The van der Waals surface area contributed by atoms with Gasteiger partial charge in [-0.2, -0.15) is 0 Å². The largest absolute Gasteiger partial charge is 0.383 e. The van der Waals surface area contributed by atoms with Crippen LogP contribution in [-0.4, -0.2) is 56.6 Å². The Kier molecular flexibility index (Phi) is 9.11. The molecule has 0 saturated heterocycles. The van der Waals surface area contributed by atoms with Crippen LogP contribution in [0.5, 0.6) is 0 Å². The summed E-state index contributed by atoms with van der Waals surface area (Å²) in [6, 6.07) is 6.81. The summed E-state index contributed by atoms with van der Waals surface area (Å²) < 4.78 is 4.89. The topological polar surface area (TPSA) is 70.7 Å². The van der Waals surface area contributed by atoms with Gasteiger partial charge >= 0.3 is 0 Å². The molecule has 0 bridgehead atoms. The first-order valence-electron chi connectivity index (χ1n) is 7.72. The first-order chi connectivity index (χ1) is 11.6. The predicted octanol–water partition coefficient (Wildman–Crippen LogP) is 1.68. The zero-order chi connectivity index (χ0) is 17.8. The van der Waals surface area contributed by atoms with E-state index in [1.54, 1.807) is 43.5 Å². The number of nitrogens with one attached hydrogen (secondary N) is 2. The van der Waals surface area contributed by atoms with Crippen LogP contribution in [0.2, 0.25) is 0 Å². The third kappa shape index (κ3) is 7.21. The second kappa shape index (κ2) is 11.2. The molecular formula is C18H25N3O3. The molecule has 0 aliphatic rings. The lowest BCUT2D eigenvalue weighted by Gasteiger charge is -2.18. The van der Waals surface area contributed by atoms with Gasteiger partial charge in [-0.15, -0.1) is 13.2 Å². The molecule has 0 aromatic heterocycles. The smallest absolute Gasteiger partial charge is 0.251 e. The first kappa shape index (κ1) is 19.6. The Morgan fingerprint density at radius 3 is 2.58 bits per heavy atom. The first-order valence-corrected chi connectivity index (χ1v) is 7.72. The summed E-state index contributed by atoms with van der Waals surface area (Å²) in [5.74, 6) is -0.362. The Hall–Kier alpha value is -2.44. The van der Waals surface area contributed by atoms with Gasteiger partial charge in [0.15, 0.2) is 0 Å². The van der Waals surface area contributed by atoms with Gasteiger partial charge in [-0.3, -0.25) is 14.5 Å². The van der Waals surface area contributed by atoms with Crippen molar-refractivity contribution in [2.75, 3.05) is 45.2 Å². The van der Waals surface area contributed by atoms with Gasteiger partial charge in [-0.1, -0.05) is 18.2 Å². The average molecular weight is 331 g/mol. The van der Waals surface area contributed by atoms with E-state index in [0.29, 0.717) is 37.5 Å². The van der Waals surface area contributed by atoms with E-state index < -0.39 is 0 Å². The van der Waals surface area contributed by atoms with Crippen molar-refractivity contribution in [3.63, 3.8) is 0 Å². The number of ether oxygens (including phenoxy) is 1. The number of nitrogens with zero attached hydrogens (tertiary/aromatic N) is 1. The van der Waals surface area contributed by atoms with Crippen LogP contribution >= 0.6 is 0 Å². The van der Waals surface area contributed by atoms with Crippen molar-refractivity contribution in [3.8, 4) is 0 Å². The van der Waals surface area contributed by atoms with Crippen LogP contribution in [0.4, 0.5) is 5.69 Å². The Labute approximate surface area is 143 Å². The van der Waals surface area contributed by atoms with Crippen molar-refractivity contribution in [2.45, 2.75) is 0 Å². The number of amides is 2. The molecule has 0 spiro atoms. The molecule has 2 N–H and O–H groups in total. The molecule has 1 aromatic rings. The lowest BCUT2D eigenvalue weighted by molar-refractivity contribution is -0.117. The van der Waals surface area contributed by atoms with Gasteiger partial charge in [0.2, 0.25) is 5.91 Å². The normalized spacial score (nSPS) is 10.2. The molecule has 6 nitrogen and oxygen atoms in total. The molecule has 2 amide bonds. The molecule has 1 rings (SSSR count). The molecular weight excluding hydrogens is 306 g/mol. The molecule has 24 heavy (non-hydrogen) atoms. The van der Waals surface area contributed by atoms with Crippen molar-refractivity contribution in [2.24, 2.45) is 0 Å². The minimum absolute atomic E-state index is 0.157. The maximum atomic E-state index is 12.1. The quantitative estimate of drug-likeness (QED) is 0.478. The van der Waals surface area contributed by atoms with Crippen LogP contribution in [0.25, 0.3) is 0 Å². The fourth-order valence-electron chi connectivity index (χ4n) is 2.08. The molecule has 130 valence electrons. The van der Waals surface area contributed by atoms with Crippen LogP contribution in [0.1, 0.15) is 10.4 Å². The predicted molar refractivity (Wildman–Crippen MR) is 96.1 cm³/mol. The van der Waals surface area contributed by atoms with Crippen LogP contribution < -0.4 is 10.6 Å². The van der Waals surface area contributed by atoms with E-state index in [1.165, 1.54) is 0 Å². The molecule has 1 aromatic carbocycles. The standard InChI is InChI=1S/C18H25N3O3/c1-4-10-21(11-5-2)14-17(22)20-16-8-6-7-15(13-16)18(23)19-9-12-24-3/h4-8,13H,1-2,9-12,14H2,3H3,(H,19,23)(H,20,22). The molecule has 0 atom stereocenters. The minimum atomic E-state index is -0.205. The van der Waals surface area contributed by atoms with Gasteiger partial charge < -0.3 is 15.4 Å². The summed E-state index contributed by atoms with van der Waals surface area (Å²) in [7, 11) is 1.57. The van der Waals surface area contributed by atoms with Crippen LogP contribution in [0.3, 0.4) is 0 Å². The van der Waals surface area contributed by atoms with Crippen molar-refractivity contribution in [1.82, 2.24) is 10.2 Å². The van der Waals surface area contributed by atoms with E-state index in [1.807, 2.05) is 4.90 Å². The lowest BCUT2D eigenvalue weighted by atomic mass is 10.2. The van der Waals surface area contributed by atoms with E-state index >= 15 is 0 Å². The zero-order valence-electron chi connectivity index (χ0n) is 14.1. The molecule has 0 heterocycles. The molecule has 0 aliphatic heterocycles. The number of benzene rings is 1. The van der Waals surface area contributed by atoms with E-state index in [4.69, 9.17) is 4.74 Å². The monoisotopic (exact) mass is 331 g/mol. The van der Waals surface area contributed by atoms with Crippen LogP contribution in [-0.2, 0) is 9.53 Å². The summed E-state index contributed by atoms with van der Waals surface area (Å²) in [6.07, 6.45) is 3.48.